The highest BCUT2D eigenvalue weighted by Gasteiger charge is 2.13. The number of nitrogens with one attached hydrogen (secondary N) is 1. The molecule has 5 rings (SSSR count). The number of aryl methyl sites for hydroxylation is 1. The van der Waals surface area contributed by atoms with Gasteiger partial charge in [-0.15, -0.1) is 11.3 Å². The lowest BCUT2D eigenvalue weighted by Crippen LogP contribution is -2.28. The van der Waals surface area contributed by atoms with Crippen molar-refractivity contribution in [1.82, 2.24) is 25.1 Å². The molecule has 5 aromatic rings. The molecule has 1 amide bonds. The van der Waals surface area contributed by atoms with E-state index in [2.05, 4.69) is 50.0 Å². The molecule has 0 saturated heterocycles. The van der Waals surface area contributed by atoms with Crippen molar-refractivity contribution in [2.24, 2.45) is 0 Å². The summed E-state index contributed by atoms with van der Waals surface area (Å²) in [5.41, 5.74) is 9.44. The van der Waals surface area contributed by atoms with Crippen LogP contribution in [0.1, 0.15) is 11.6 Å². The Kier molecular flexibility index (Phi) is 4.87. The Morgan fingerprint density at radius 3 is 2.94 bits per heavy atom. The van der Waals surface area contributed by atoms with E-state index in [-0.39, 0.29) is 12.3 Å². The molecule has 8 nitrogen and oxygen atoms in total. The average Bonchev–Trinajstić information content (AvgIpc) is 3.49. The van der Waals surface area contributed by atoms with Crippen molar-refractivity contribution in [3.05, 3.63) is 59.8 Å². The van der Waals surface area contributed by atoms with E-state index in [1.54, 1.807) is 22.9 Å². The molecule has 0 atom stereocenters. The van der Waals surface area contributed by atoms with Crippen molar-refractivity contribution in [2.75, 3.05) is 12.3 Å². The van der Waals surface area contributed by atoms with Crippen LogP contribution in [-0.2, 0) is 17.8 Å². The second-order valence-electron chi connectivity index (χ2n) is 7.25. The minimum atomic E-state index is -0.113. The highest BCUT2D eigenvalue weighted by molar-refractivity contribution is 7.13. The van der Waals surface area contributed by atoms with Gasteiger partial charge in [-0.3, -0.25) is 9.48 Å². The van der Waals surface area contributed by atoms with Crippen molar-refractivity contribution in [1.29, 1.82) is 0 Å². The maximum atomic E-state index is 12.1. The van der Waals surface area contributed by atoms with E-state index in [9.17, 15) is 4.79 Å². The molecule has 0 unspecified atom stereocenters. The van der Waals surface area contributed by atoms with Crippen LogP contribution < -0.4 is 11.1 Å². The number of pyridine rings is 1. The highest BCUT2D eigenvalue weighted by atomic mass is 32.1. The topological polar surface area (TPSA) is 112 Å². The Bertz CT molecular complexity index is 1390. The van der Waals surface area contributed by atoms with Gasteiger partial charge in [0.15, 0.2) is 11.7 Å². The molecule has 1 aromatic carbocycles. The van der Waals surface area contributed by atoms with E-state index < -0.39 is 0 Å². The van der Waals surface area contributed by atoms with Crippen molar-refractivity contribution >= 4 is 44.9 Å². The molecule has 0 aliphatic carbocycles. The molecule has 0 fully saturated rings. The minimum absolute atomic E-state index is 0.113. The molecule has 0 aliphatic heterocycles. The molecule has 0 saturated carbocycles. The van der Waals surface area contributed by atoms with Crippen LogP contribution in [0, 0.1) is 6.92 Å². The van der Waals surface area contributed by atoms with E-state index in [0.29, 0.717) is 36.0 Å². The van der Waals surface area contributed by atoms with Crippen molar-refractivity contribution in [3.8, 4) is 10.4 Å². The van der Waals surface area contributed by atoms with Crippen molar-refractivity contribution < 1.29 is 9.21 Å². The first kappa shape index (κ1) is 19.3. The maximum Gasteiger partial charge on any atom is 0.226 e. The quantitative estimate of drug-likeness (QED) is 0.424. The summed E-state index contributed by atoms with van der Waals surface area (Å²) in [4.78, 5) is 22.0. The number of hydrogen-bond donors (Lipinski definition) is 2. The Morgan fingerprint density at radius 2 is 2.16 bits per heavy atom. The van der Waals surface area contributed by atoms with Gasteiger partial charge in [-0.25, -0.2) is 9.97 Å². The van der Waals surface area contributed by atoms with Crippen LogP contribution in [0.3, 0.4) is 0 Å². The number of amides is 1. The smallest absolute Gasteiger partial charge is 0.226 e. The number of rotatable bonds is 6. The predicted molar refractivity (Wildman–Crippen MR) is 121 cm³/mol. The Balaban J connectivity index is 1.33. The van der Waals surface area contributed by atoms with Gasteiger partial charge in [-0.1, -0.05) is 18.2 Å². The monoisotopic (exact) mass is 432 g/mol. The lowest BCUT2D eigenvalue weighted by molar-refractivity contribution is -0.120. The van der Waals surface area contributed by atoms with E-state index >= 15 is 0 Å². The molecule has 0 radical (unpaired) electrons. The fourth-order valence-electron chi connectivity index (χ4n) is 3.58. The van der Waals surface area contributed by atoms with Crippen LogP contribution in [0.15, 0.2) is 52.6 Å². The van der Waals surface area contributed by atoms with E-state index in [1.165, 1.54) is 11.1 Å². The summed E-state index contributed by atoms with van der Waals surface area (Å²) in [7, 11) is 0. The zero-order valence-electron chi connectivity index (χ0n) is 16.8. The summed E-state index contributed by atoms with van der Waals surface area (Å²) in [5.74, 6) is 0.833. The van der Waals surface area contributed by atoms with Crippen molar-refractivity contribution in [2.45, 2.75) is 19.9 Å². The fraction of sp³-hybridized carbons (Fsp3) is 0.182. The molecular formula is C22H20N6O2S. The number of fused-ring (bicyclic) bond motifs is 3. The highest BCUT2D eigenvalue weighted by Crippen LogP contribution is 2.32. The molecule has 3 N–H and O–H groups in total. The Morgan fingerprint density at radius 1 is 1.26 bits per heavy atom. The molecule has 156 valence electrons. The van der Waals surface area contributed by atoms with Gasteiger partial charge in [0.2, 0.25) is 5.91 Å². The lowest BCUT2D eigenvalue weighted by Gasteiger charge is -2.04. The molecule has 0 aliphatic rings. The van der Waals surface area contributed by atoms with Gasteiger partial charge in [0.1, 0.15) is 11.8 Å². The van der Waals surface area contributed by atoms with Gasteiger partial charge in [-0.2, -0.15) is 5.10 Å². The number of hydrogen-bond acceptors (Lipinski definition) is 7. The molecule has 0 bridgehead atoms. The number of nitrogens with two attached hydrogens (primary N) is 1. The first-order valence-electron chi connectivity index (χ1n) is 9.85. The third-order valence-corrected chi connectivity index (χ3v) is 5.93. The Hall–Kier alpha value is -3.72. The number of benzene rings is 1. The van der Waals surface area contributed by atoms with E-state index in [1.807, 2.05) is 12.3 Å². The number of anilines is 1. The van der Waals surface area contributed by atoms with Crippen LogP contribution in [-0.4, -0.2) is 32.2 Å². The second-order valence-corrected chi connectivity index (χ2v) is 8.19. The number of oxazole rings is 1. The SMILES string of the molecule is Cc1nc(CC(=O)NCCn2cc3c(n2)c(N)nc2cc(-c4cccs4)ccc23)co1. The molecule has 4 heterocycles. The summed E-state index contributed by atoms with van der Waals surface area (Å²) in [6.07, 6.45) is 3.64. The van der Waals surface area contributed by atoms with Crippen LogP contribution in [0.5, 0.6) is 0 Å². The van der Waals surface area contributed by atoms with Crippen LogP contribution in [0.2, 0.25) is 0 Å². The molecular weight excluding hydrogens is 412 g/mol. The first-order chi connectivity index (χ1) is 15.1. The van der Waals surface area contributed by atoms with E-state index in [4.69, 9.17) is 10.2 Å². The summed E-state index contributed by atoms with van der Waals surface area (Å²) >= 11 is 1.69. The van der Waals surface area contributed by atoms with Crippen molar-refractivity contribution in [3.63, 3.8) is 0 Å². The van der Waals surface area contributed by atoms with Crippen LogP contribution in [0.25, 0.3) is 32.2 Å². The fourth-order valence-corrected chi connectivity index (χ4v) is 4.30. The number of aromatic nitrogens is 4. The lowest BCUT2D eigenvalue weighted by atomic mass is 10.1. The van der Waals surface area contributed by atoms with E-state index in [0.717, 1.165) is 21.9 Å². The summed E-state index contributed by atoms with van der Waals surface area (Å²) in [6, 6.07) is 10.3. The van der Waals surface area contributed by atoms with Gasteiger partial charge < -0.3 is 15.5 Å². The van der Waals surface area contributed by atoms with Gasteiger partial charge in [0.05, 0.1) is 24.2 Å². The zero-order valence-corrected chi connectivity index (χ0v) is 17.6. The van der Waals surface area contributed by atoms with Gasteiger partial charge >= 0.3 is 0 Å². The van der Waals surface area contributed by atoms with Gasteiger partial charge in [-0.05, 0) is 23.1 Å². The summed E-state index contributed by atoms with van der Waals surface area (Å²) < 4.78 is 6.91. The minimum Gasteiger partial charge on any atom is -0.449 e. The summed E-state index contributed by atoms with van der Waals surface area (Å²) in [5, 5.41) is 11.5. The molecule has 4 aromatic heterocycles. The predicted octanol–water partition coefficient (Wildman–Crippen LogP) is 3.55. The number of nitrogen functional groups attached to an aromatic ring is 1. The second kappa shape index (κ2) is 7.84. The van der Waals surface area contributed by atoms with Gasteiger partial charge in [0, 0.05) is 35.3 Å². The average molecular weight is 433 g/mol. The molecule has 9 heteroatoms. The van der Waals surface area contributed by atoms with Crippen LogP contribution in [0.4, 0.5) is 5.82 Å². The third-order valence-electron chi connectivity index (χ3n) is 5.01. The first-order valence-corrected chi connectivity index (χ1v) is 10.7. The maximum absolute atomic E-state index is 12.1. The molecule has 0 spiro atoms. The largest absolute Gasteiger partial charge is 0.449 e. The number of carbonyl (C=O) groups is 1. The zero-order chi connectivity index (χ0) is 21.4. The molecule has 31 heavy (non-hydrogen) atoms. The normalized spacial score (nSPS) is 11.4. The summed E-state index contributed by atoms with van der Waals surface area (Å²) in [6.45, 7) is 2.71. The van der Waals surface area contributed by atoms with Gasteiger partial charge in [0.25, 0.3) is 0 Å². The number of carbonyl (C=O) groups excluding carboxylic acids is 1. The number of nitrogens with zero attached hydrogens (tertiary/aromatic N) is 4. The number of thiophene rings is 1. The Labute approximate surface area is 181 Å². The third kappa shape index (κ3) is 3.87. The standard InChI is InChI=1S/C22H20N6O2S/c1-13-25-15(12-30-13)10-20(29)24-6-7-28-11-17-16-5-4-14(19-3-2-8-31-19)9-18(16)26-22(23)21(17)27-28/h2-5,8-9,11-12H,6-7,10H2,1H3,(H2,23,26)(H,24,29). The van der Waals surface area contributed by atoms with Crippen LogP contribution >= 0.6 is 11.3 Å².